The minimum absolute atomic E-state index is 0.0338. The summed E-state index contributed by atoms with van der Waals surface area (Å²) in [7, 11) is 0. The molecule has 1 saturated heterocycles. The lowest BCUT2D eigenvalue weighted by Crippen LogP contribution is -2.43. The van der Waals surface area contributed by atoms with Crippen molar-refractivity contribution in [3.05, 3.63) is 35.4 Å². The van der Waals surface area contributed by atoms with Crippen LogP contribution in [0.1, 0.15) is 30.9 Å². The number of nitrogens with zero attached hydrogens (tertiary/aromatic N) is 1. The molecule has 1 aromatic carbocycles. The van der Waals surface area contributed by atoms with Gasteiger partial charge in [-0.2, -0.15) is 0 Å². The number of amides is 1. The van der Waals surface area contributed by atoms with E-state index in [9.17, 15) is 9.90 Å². The quantitative estimate of drug-likeness (QED) is 0.823. The Morgan fingerprint density at radius 3 is 2.88 bits per heavy atom. The van der Waals surface area contributed by atoms with Gasteiger partial charge in [0.25, 0.3) is 0 Å². The first-order valence-corrected chi connectivity index (χ1v) is 5.68. The second-order valence-electron chi connectivity index (χ2n) is 4.32. The fourth-order valence-corrected chi connectivity index (χ4v) is 2.39. The Morgan fingerprint density at radius 1 is 1.50 bits per heavy atom. The maximum Gasteiger partial charge on any atom is 0.225 e. The predicted octanol–water partition coefficient (Wildman–Crippen LogP) is 1.78. The summed E-state index contributed by atoms with van der Waals surface area (Å²) in [6.45, 7) is 4.42. The summed E-state index contributed by atoms with van der Waals surface area (Å²) < 4.78 is 0. The third-order valence-corrected chi connectivity index (χ3v) is 3.23. The van der Waals surface area contributed by atoms with E-state index in [0.29, 0.717) is 19.4 Å². The molecule has 0 spiro atoms. The highest BCUT2D eigenvalue weighted by molar-refractivity contribution is 5.79. The minimum Gasteiger partial charge on any atom is -0.367 e. The van der Waals surface area contributed by atoms with Crippen molar-refractivity contribution in [3.63, 3.8) is 0 Å². The van der Waals surface area contributed by atoms with Crippen LogP contribution in [0.15, 0.2) is 24.3 Å². The van der Waals surface area contributed by atoms with E-state index < -0.39 is 5.72 Å². The molecule has 2 rings (SSSR count). The van der Waals surface area contributed by atoms with Crippen LogP contribution in [0.25, 0.3) is 0 Å². The number of aliphatic hydroxyl groups is 1. The van der Waals surface area contributed by atoms with Crippen molar-refractivity contribution in [1.29, 1.82) is 0 Å². The zero-order chi connectivity index (χ0) is 11.8. The Bertz CT molecular complexity index is 416. The van der Waals surface area contributed by atoms with Crippen LogP contribution >= 0.6 is 0 Å². The lowest BCUT2D eigenvalue weighted by molar-refractivity contribution is -0.146. The van der Waals surface area contributed by atoms with Gasteiger partial charge in [-0.3, -0.25) is 4.79 Å². The zero-order valence-corrected chi connectivity index (χ0v) is 9.73. The molecule has 1 atom stereocenters. The smallest absolute Gasteiger partial charge is 0.225 e. The van der Waals surface area contributed by atoms with Crippen molar-refractivity contribution in [1.82, 2.24) is 4.90 Å². The van der Waals surface area contributed by atoms with Gasteiger partial charge in [0.2, 0.25) is 5.91 Å². The van der Waals surface area contributed by atoms with E-state index in [1.165, 1.54) is 0 Å². The second kappa shape index (κ2) is 3.91. The SMILES string of the molecule is CCN1C(=O)CCC1(O)c1cccc(C)c1. The molecule has 1 fully saturated rings. The monoisotopic (exact) mass is 219 g/mol. The zero-order valence-electron chi connectivity index (χ0n) is 9.73. The first kappa shape index (κ1) is 11.1. The van der Waals surface area contributed by atoms with Crippen LogP contribution in [-0.4, -0.2) is 22.5 Å². The van der Waals surface area contributed by atoms with Crippen LogP contribution in [0.2, 0.25) is 0 Å². The number of rotatable bonds is 2. The molecule has 3 heteroatoms. The van der Waals surface area contributed by atoms with E-state index in [2.05, 4.69) is 0 Å². The van der Waals surface area contributed by atoms with Crippen LogP contribution in [0.3, 0.4) is 0 Å². The van der Waals surface area contributed by atoms with Crippen LogP contribution in [-0.2, 0) is 10.5 Å². The van der Waals surface area contributed by atoms with Gasteiger partial charge in [-0.05, 0) is 13.8 Å². The third-order valence-electron chi connectivity index (χ3n) is 3.23. The molecule has 0 saturated carbocycles. The van der Waals surface area contributed by atoms with Crippen molar-refractivity contribution in [3.8, 4) is 0 Å². The number of hydrogen-bond acceptors (Lipinski definition) is 2. The summed E-state index contributed by atoms with van der Waals surface area (Å²) in [5.74, 6) is 0.0338. The molecular formula is C13H17NO2. The summed E-state index contributed by atoms with van der Waals surface area (Å²) >= 11 is 0. The highest BCUT2D eigenvalue weighted by atomic mass is 16.3. The molecule has 0 aromatic heterocycles. The van der Waals surface area contributed by atoms with Gasteiger partial charge in [0.1, 0.15) is 0 Å². The number of carbonyl (C=O) groups excluding carboxylic acids is 1. The molecule has 1 aliphatic rings. The number of likely N-dealkylation sites (tertiary alicyclic amines) is 1. The predicted molar refractivity (Wildman–Crippen MR) is 61.7 cm³/mol. The molecule has 1 aromatic rings. The Kier molecular flexibility index (Phi) is 2.72. The number of hydrogen-bond donors (Lipinski definition) is 1. The van der Waals surface area contributed by atoms with Crippen LogP contribution in [0.4, 0.5) is 0 Å². The van der Waals surface area contributed by atoms with E-state index in [4.69, 9.17) is 0 Å². The maximum absolute atomic E-state index is 11.6. The number of aryl methyl sites for hydroxylation is 1. The second-order valence-corrected chi connectivity index (χ2v) is 4.32. The standard InChI is InChI=1S/C13H17NO2/c1-3-14-12(15)7-8-13(14,16)11-6-4-5-10(2)9-11/h4-6,9,16H,3,7-8H2,1-2H3. The van der Waals surface area contributed by atoms with Gasteiger partial charge < -0.3 is 10.0 Å². The highest BCUT2D eigenvalue weighted by Gasteiger charge is 2.44. The molecule has 1 N–H and O–H groups in total. The maximum atomic E-state index is 11.6. The molecule has 86 valence electrons. The topological polar surface area (TPSA) is 40.5 Å². The summed E-state index contributed by atoms with van der Waals surface area (Å²) in [4.78, 5) is 13.2. The number of benzene rings is 1. The van der Waals surface area contributed by atoms with Gasteiger partial charge in [0.05, 0.1) is 0 Å². The molecule has 0 bridgehead atoms. The Labute approximate surface area is 95.7 Å². The van der Waals surface area contributed by atoms with Gasteiger partial charge in [0.15, 0.2) is 5.72 Å². The lowest BCUT2D eigenvalue weighted by atomic mass is 9.98. The fraction of sp³-hybridized carbons (Fsp3) is 0.462. The lowest BCUT2D eigenvalue weighted by Gasteiger charge is -2.33. The molecule has 0 radical (unpaired) electrons. The van der Waals surface area contributed by atoms with Gasteiger partial charge >= 0.3 is 0 Å². The van der Waals surface area contributed by atoms with Crippen LogP contribution in [0, 0.1) is 6.92 Å². The number of carbonyl (C=O) groups is 1. The first-order chi connectivity index (χ1) is 7.58. The summed E-state index contributed by atoms with van der Waals surface area (Å²) in [5.41, 5.74) is 0.819. The Hall–Kier alpha value is -1.35. The van der Waals surface area contributed by atoms with Gasteiger partial charge in [-0.15, -0.1) is 0 Å². The molecule has 1 unspecified atom stereocenters. The molecule has 1 aliphatic heterocycles. The summed E-state index contributed by atoms with van der Waals surface area (Å²) in [5, 5.41) is 10.6. The molecule has 1 amide bonds. The minimum atomic E-state index is -1.10. The van der Waals surface area contributed by atoms with Crippen molar-refractivity contribution in [2.45, 2.75) is 32.4 Å². The Balaban J connectivity index is 2.42. The largest absolute Gasteiger partial charge is 0.367 e. The van der Waals surface area contributed by atoms with E-state index in [1.807, 2.05) is 38.1 Å². The van der Waals surface area contributed by atoms with Crippen LogP contribution < -0.4 is 0 Å². The van der Waals surface area contributed by atoms with E-state index in [1.54, 1.807) is 4.90 Å². The average Bonchev–Trinajstić information content (AvgIpc) is 2.56. The molecule has 1 heterocycles. The van der Waals surface area contributed by atoms with Crippen LogP contribution in [0.5, 0.6) is 0 Å². The van der Waals surface area contributed by atoms with Gasteiger partial charge in [-0.1, -0.05) is 29.8 Å². The fourth-order valence-electron chi connectivity index (χ4n) is 2.39. The third kappa shape index (κ3) is 1.61. The molecule has 0 aliphatic carbocycles. The van der Waals surface area contributed by atoms with Crippen molar-refractivity contribution in [2.24, 2.45) is 0 Å². The normalized spacial score (nSPS) is 25.2. The van der Waals surface area contributed by atoms with E-state index in [-0.39, 0.29) is 5.91 Å². The summed E-state index contributed by atoms with van der Waals surface area (Å²) in [6, 6.07) is 7.73. The van der Waals surface area contributed by atoms with Crippen molar-refractivity contribution >= 4 is 5.91 Å². The first-order valence-electron chi connectivity index (χ1n) is 5.68. The molecule has 16 heavy (non-hydrogen) atoms. The molecule has 3 nitrogen and oxygen atoms in total. The van der Waals surface area contributed by atoms with Crippen molar-refractivity contribution < 1.29 is 9.90 Å². The van der Waals surface area contributed by atoms with E-state index >= 15 is 0 Å². The van der Waals surface area contributed by atoms with Gasteiger partial charge in [0, 0.05) is 24.9 Å². The average molecular weight is 219 g/mol. The highest BCUT2D eigenvalue weighted by Crippen LogP contribution is 2.36. The Morgan fingerprint density at radius 2 is 2.25 bits per heavy atom. The van der Waals surface area contributed by atoms with Gasteiger partial charge in [-0.25, -0.2) is 0 Å². The van der Waals surface area contributed by atoms with E-state index in [0.717, 1.165) is 11.1 Å². The molecular weight excluding hydrogens is 202 g/mol. The summed E-state index contributed by atoms with van der Waals surface area (Å²) in [6.07, 6.45) is 0.918. The van der Waals surface area contributed by atoms with Crippen molar-refractivity contribution in [2.75, 3.05) is 6.54 Å².